The van der Waals surface area contributed by atoms with Crippen molar-refractivity contribution in [1.29, 1.82) is 0 Å². The van der Waals surface area contributed by atoms with Gasteiger partial charge in [-0.2, -0.15) is 5.10 Å². The fourth-order valence-electron chi connectivity index (χ4n) is 1.88. The number of nitrogens with zero attached hydrogens (tertiary/aromatic N) is 2. The van der Waals surface area contributed by atoms with Gasteiger partial charge in [-0.05, 0) is 31.5 Å². The summed E-state index contributed by atoms with van der Waals surface area (Å²) in [6.07, 6.45) is 2.69. The van der Waals surface area contributed by atoms with E-state index >= 15 is 0 Å². The molecule has 5 heteroatoms. The van der Waals surface area contributed by atoms with Crippen molar-refractivity contribution >= 4 is 5.97 Å². The average Bonchev–Trinajstić information content (AvgIpc) is 2.86. The van der Waals surface area contributed by atoms with E-state index in [2.05, 4.69) is 5.10 Å². The highest BCUT2D eigenvalue weighted by molar-refractivity contribution is 5.90. The summed E-state index contributed by atoms with van der Waals surface area (Å²) < 4.78 is 6.86. The summed E-state index contributed by atoms with van der Waals surface area (Å²) in [7, 11) is 0. The summed E-state index contributed by atoms with van der Waals surface area (Å²) in [6, 6.07) is 7.22. The molecule has 2 rings (SSSR count). The summed E-state index contributed by atoms with van der Waals surface area (Å²) in [5.74, 6) is -0.309. The van der Waals surface area contributed by atoms with Crippen LogP contribution in [0.4, 0.5) is 0 Å². The van der Waals surface area contributed by atoms with Crippen LogP contribution in [0.25, 0.3) is 5.69 Å². The Morgan fingerprint density at radius 1 is 1.45 bits per heavy atom. The Morgan fingerprint density at radius 3 is 2.90 bits per heavy atom. The second-order valence-corrected chi connectivity index (χ2v) is 4.57. The summed E-state index contributed by atoms with van der Waals surface area (Å²) in [5, 5.41) is 4.40. The lowest BCUT2D eigenvalue weighted by atomic mass is 10.2. The van der Waals surface area contributed by atoms with Gasteiger partial charge >= 0.3 is 5.97 Å². The van der Waals surface area contributed by atoms with Crippen LogP contribution in [0.5, 0.6) is 0 Å². The van der Waals surface area contributed by atoms with Gasteiger partial charge < -0.3 is 10.5 Å². The minimum atomic E-state index is -0.309. The molecule has 0 spiro atoms. The summed E-state index contributed by atoms with van der Waals surface area (Å²) >= 11 is 0. The highest BCUT2D eigenvalue weighted by atomic mass is 16.5. The van der Waals surface area contributed by atoms with E-state index in [0.717, 1.165) is 23.4 Å². The van der Waals surface area contributed by atoms with Gasteiger partial charge in [-0.3, -0.25) is 0 Å². The molecule has 2 aromatic rings. The van der Waals surface area contributed by atoms with Crippen LogP contribution in [0, 0.1) is 6.92 Å². The smallest absolute Gasteiger partial charge is 0.338 e. The van der Waals surface area contributed by atoms with Crippen LogP contribution in [-0.4, -0.2) is 22.4 Å². The zero-order valence-corrected chi connectivity index (χ0v) is 11.8. The van der Waals surface area contributed by atoms with Crippen LogP contribution in [0.3, 0.4) is 0 Å². The predicted octanol–water partition coefficient (Wildman–Crippen LogP) is 2.21. The molecular formula is C15H19N3O2. The fraction of sp³-hybridized carbons (Fsp3) is 0.333. The van der Waals surface area contributed by atoms with E-state index in [-0.39, 0.29) is 5.97 Å². The normalized spacial score (nSPS) is 10.6. The molecule has 0 atom stereocenters. The summed E-state index contributed by atoms with van der Waals surface area (Å²) in [6.45, 7) is 4.76. The Hall–Kier alpha value is -2.14. The van der Waals surface area contributed by atoms with E-state index in [1.807, 2.05) is 32.2 Å². The van der Waals surface area contributed by atoms with Crippen molar-refractivity contribution in [3.8, 4) is 5.69 Å². The van der Waals surface area contributed by atoms with Crippen molar-refractivity contribution in [2.75, 3.05) is 6.61 Å². The number of rotatable bonds is 5. The molecule has 0 amide bonds. The van der Waals surface area contributed by atoms with E-state index in [1.165, 1.54) is 0 Å². The Bertz CT molecular complexity index is 605. The monoisotopic (exact) mass is 273 g/mol. The van der Waals surface area contributed by atoms with Crippen molar-refractivity contribution in [2.45, 2.75) is 26.8 Å². The predicted molar refractivity (Wildman–Crippen MR) is 76.8 cm³/mol. The van der Waals surface area contributed by atoms with Crippen molar-refractivity contribution in [3.05, 3.63) is 47.3 Å². The van der Waals surface area contributed by atoms with Crippen LogP contribution in [0.2, 0.25) is 0 Å². The molecule has 20 heavy (non-hydrogen) atoms. The Balaban J connectivity index is 2.26. The van der Waals surface area contributed by atoms with Crippen molar-refractivity contribution in [2.24, 2.45) is 5.73 Å². The van der Waals surface area contributed by atoms with Gasteiger partial charge in [-0.1, -0.05) is 13.0 Å². The molecule has 1 heterocycles. The number of esters is 1. The van der Waals surface area contributed by atoms with Gasteiger partial charge in [0.2, 0.25) is 0 Å². The first-order chi connectivity index (χ1) is 9.65. The molecule has 0 aliphatic heterocycles. The zero-order chi connectivity index (χ0) is 14.5. The van der Waals surface area contributed by atoms with Gasteiger partial charge in [-0.15, -0.1) is 0 Å². The van der Waals surface area contributed by atoms with E-state index in [1.54, 1.807) is 16.8 Å². The molecule has 2 N–H and O–H groups in total. The summed E-state index contributed by atoms with van der Waals surface area (Å²) in [4.78, 5) is 11.8. The number of hydrogen-bond acceptors (Lipinski definition) is 4. The number of aromatic nitrogens is 2. The molecule has 0 unspecified atom stereocenters. The maximum absolute atomic E-state index is 11.8. The van der Waals surface area contributed by atoms with Crippen LogP contribution in [-0.2, 0) is 11.3 Å². The number of nitrogens with two attached hydrogens (primary N) is 1. The van der Waals surface area contributed by atoms with Gasteiger partial charge in [0.25, 0.3) is 0 Å². The van der Waals surface area contributed by atoms with Gasteiger partial charge in [0.1, 0.15) is 0 Å². The molecule has 1 aromatic carbocycles. The largest absolute Gasteiger partial charge is 0.462 e. The molecule has 0 fully saturated rings. The van der Waals surface area contributed by atoms with Crippen molar-refractivity contribution < 1.29 is 9.53 Å². The van der Waals surface area contributed by atoms with E-state index in [0.29, 0.717) is 18.7 Å². The number of ether oxygens (including phenoxy) is 1. The Kier molecular flexibility index (Phi) is 4.53. The van der Waals surface area contributed by atoms with E-state index in [9.17, 15) is 4.79 Å². The average molecular weight is 273 g/mol. The zero-order valence-electron chi connectivity index (χ0n) is 11.8. The van der Waals surface area contributed by atoms with Crippen LogP contribution < -0.4 is 5.73 Å². The molecule has 0 saturated heterocycles. The molecule has 0 bridgehead atoms. The third kappa shape index (κ3) is 3.05. The van der Waals surface area contributed by atoms with E-state index in [4.69, 9.17) is 10.5 Å². The highest BCUT2D eigenvalue weighted by Gasteiger charge is 2.10. The van der Waals surface area contributed by atoms with Crippen LogP contribution >= 0.6 is 0 Å². The van der Waals surface area contributed by atoms with Crippen molar-refractivity contribution in [3.63, 3.8) is 0 Å². The number of aryl methyl sites for hydroxylation is 1. The van der Waals surface area contributed by atoms with Crippen LogP contribution in [0.1, 0.15) is 35.0 Å². The maximum Gasteiger partial charge on any atom is 0.338 e. The van der Waals surface area contributed by atoms with Gasteiger partial charge in [0.15, 0.2) is 0 Å². The molecular weight excluding hydrogens is 254 g/mol. The minimum absolute atomic E-state index is 0.309. The number of hydrogen-bond donors (Lipinski definition) is 1. The maximum atomic E-state index is 11.8. The molecule has 1 aromatic heterocycles. The lowest BCUT2D eigenvalue weighted by Gasteiger charge is -2.05. The second kappa shape index (κ2) is 6.34. The van der Waals surface area contributed by atoms with Gasteiger partial charge in [0, 0.05) is 18.3 Å². The standard InChI is InChI=1S/C15H19N3O2/c1-3-7-20-15(19)12-5-4-6-14(8-12)18-10-13(9-16)11(2)17-18/h4-6,8,10H,3,7,9,16H2,1-2H3. The number of carbonyl (C=O) groups is 1. The minimum Gasteiger partial charge on any atom is -0.462 e. The fourth-order valence-corrected chi connectivity index (χ4v) is 1.88. The topological polar surface area (TPSA) is 70.1 Å². The SMILES string of the molecule is CCCOC(=O)c1cccc(-n2cc(CN)c(C)n2)c1. The quantitative estimate of drug-likeness (QED) is 0.848. The molecule has 5 nitrogen and oxygen atoms in total. The molecule has 0 radical (unpaired) electrons. The molecule has 106 valence electrons. The Labute approximate surface area is 118 Å². The third-order valence-electron chi connectivity index (χ3n) is 3.00. The first-order valence-electron chi connectivity index (χ1n) is 6.68. The van der Waals surface area contributed by atoms with Gasteiger partial charge in [-0.25, -0.2) is 9.48 Å². The highest BCUT2D eigenvalue weighted by Crippen LogP contribution is 2.14. The van der Waals surface area contributed by atoms with E-state index < -0.39 is 0 Å². The summed E-state index contributed by atoms with van der Waals surface area (Å²) in [5.41, 5.74) is 8.88. The molecule has 0 aliphatic rings. The lowest BCUT2D eigenvalue weighted by Crippen LogP contribution is -2.07. The first-order valence-corrected chi connectivity index (χ1v) is 6.68. The number of benzene rings is 1. The second-order valence-electron chi connectivity index (χ2n) is 4.57. The third-order valence-corrected chi connectivity index (χ3v) is 3.00. The van der Waals surface area contributed by atoms with Crippen molar-refractivity contribution in [1.82, 2.24) is 9.78 Å². The number of carbonyl (C=O) groups excluding carboxylic acids is 1. The van der Waals surface area contributed by atoms with Crippen LogP contribution in [0.15, 0.2) is 30.5 Å². The first kappa shape index (κ1) is 14.3. The lowest BCUT2D eigenvalue weighted by molar-refractivity contribution is 0.0505. The van der Waals surface area contributed by atoms with Gasteiger partial charge in [0.05, 0.1) is 23.6 Å². The Morgan fingerprint density at radius 2 is 2.25 bits per heavy atom. The molecule has 0 saturated carbocycles. The molecule has 0 aliphatic carbocycles.